The number of benzene rings is 3. The number of rotatable bonds is 6. The van der Waals surface area contributed by atoms with Gasteiger partial charge in [-0.3, -0.25) is 9.59 Å². The van der Waals surface area contributed by atoms with Crippen LogP contribution in [0.5, 0.6) is 5.75 Å². The molecule has 0 aliphatic heterocycles. The molecule has 8 heteroatoms. The van der Waals surface area contributed by atoms with Crippen molar-refractivity contribution in [2.75, 3.05) is 7.11 Å². The second-order valence-corrected chi connectivity index (χ2v) is 7.37. The lowest BCUT2D eigenvalue weighted by Gasteiger charge is -2.11. The normalized spacial score (nSPS) is 11.1. The highest BCUT2D eigenvalue weighted by Crippen LogP contribution is 2.25. The predicted molar refractivity (Wildman–Crippen MR) is 125 cm³/mol. The van der Waals surface area contributed by atoms with Crippen molar-refractivity contribution in [3.63, 3.8) is 0 Å². The second-order valence-electron chi connectivity index (χ2n) is 6.93. The van der Waals surface area contributed by atoms with Crippen molar-refractivity contribution in [1.82, 2.24) is 15.2 Å². The van der Waals surface area contributed by atoms with E-state index in [-0.39, 0.29) is 12.1 Å². The number of methoxy groups -OCH3 is 1. The van der Waals surface area contributed by atoms with E-state index < -0.39 is 5.91 Å². The fourth-order valence-corrected chi connectivity index (χ4v) is 3.33. The molecule has 0 unspecified atom stereocenters. The van der Waals surface area contributed by atoms with E-state index in [1.807, 2.05) is 36.4 Å². The Kier molecular flexibility index (Phi) is 6.28. The van der Waals surface area contributed by atoms with Crippen LogP contribution in [0, 0.1) is 0 Å². The van der Waals surface area contributed by atoms with Crippen molar-refractivity contribution in [3.05, 3.63) is 93.7 Å². The molecule has 1 amide bonds. The molecule has 0 aliphatic rings. The van der Waals surface area contributed by atoms with Crippen molar-refractivity contribution >= 4 is 34.5 Å². The second kappa shape index (κ2) is 9.45. The van der Waals surface area contributed by atoms with Crippen LogP contribution in [0.15, 0.2) is 82.7 Å². The van der Waals surface area contributed by atoms with E-state index in [2.05, 4.69) is 15.6 Å². The van der Waals surface area contributed by atoms with Crippen LogP contribution in [0.3, 0.4) is 0 Å². The fourth-order valence-electron chi connectivity index (χ4n) is 3.20. The van der Waals surface area contributed by atoms with E-state index in [4.69, 9.17) is 16.3 Å². The van der Waals surface area contributed by atoms with Crippen molar-refractivity contribution in [1.29, 1.82) is 0 Å². The lowest BCUT2D eigenvalue weighted by atomic mass is 10.1. The highest BCUT2D eigenvalue weighted by molar-refractivity contribution is 6.30. The monoisotopic (exact) mass is 446 g/mol. The maximum absolute atomic E-state index is 12.9. The van der Waals surface area contributed by atoms with Crippen molar-refractivity contribution < 1.29 is 9.53 Å². The number of carbonyl (C=O) groups excluding carboxylic acids is 1. The first kappa shape index (κ1) is 21.3. The Balaban J connectivity index is 1.59. The van der Waals surface area contributed by atoms with E-state index in [9.17, 15) is 9.59 Å². The number of carbonyl (C=O) groups is 1. The molecule has 0 radical (unpaired) electrons. The molecule has 0 aliphatic carbocycles. The average molecular weight is 447 g/mol. The largest absolute Gasteiger partial charge is 0.497 e. The molecule has 160 valence electrons. The Morgan fingerprint density at radius 2 is 1.75 bits per heavy atom. The first-order chi connectivity index (χ1) is 15.5. The Morgan fingerprint density at radius 1 is 1.06 bits per heavy atom. The highest BCUT2D eigenvalue weighted by atomic mass is 35.5. The number of ether oxygens (including phenoxy) is 1. The van der Waals surface area contributed by atoms with Gasteiger partial charge in [0.1, 0.15) is 12.3 Å². The molecule has 4 rings (SSSR count). The number of nitrogens with one attached hydrogen (secondary N) is 1. The van der Waals surface area contributed by atoms with Crippen LogP contribution in [0.2, 0.25) is 5.02 Å². The zero-order chi connectivity index (χ0) is 22.5. The number of fused-ring (bicyclic) bond motifs is 1. The quantitative estimate of drug-likeness (QED) is 0.360. The van der Waals surface area contributed by atoms with Crippen LogP contribution in [0.25, 0.3) is 22.0 Å². The minimum Gasteiger partial charge on any atom is -0.497 e. The number of amides is 1. The summed E-state index contributed by atoms with van der Waals surface area (Å²) in [5, 5.41) is 10.2. The number of halogens is 1. The van der Waals surface area contributed by atoms with Crippen LogP contribution in [0.1, 0.15) is 5.56 Å². The molecule has 0 spiro atoms. The molecule has 7 nitrogen and oxygen atoms in total. The Labute approximate surface area is 188 Å². The van der Waals surface area contributed by atoms with Gasteiger partial charge in [0.15, 0.2) is 0 Å². The highest BCUT2D eigenvalue weighted by Gasteiger charge is 2.14. The number of aromatic nitrogens is 2. The van der Waals surface area contributed by atoms with Gasteiger partial charge >= 0.3 is 0 Å². The minimum absolute atomic E-state index is 0.274. The first-order valence-electron chi connectivity index (χ1n) is 9.77. The molecule has 1 N–H and O–H groups in total. The van der Waals surface area contributed by atoms with Crippen LogP contribution < -0.4 is 15.7 Å². The van der Waals surface area contributed by atoms with Gasteiger partial charge in [-0.2, -0.15) is 10.2 Å². The third-order valence-electron chi connectivity index (χ3n) is 4.80. The molecule has 4 aromatic rings. The smallest absolute Gasteiger partial charge is 0.275 e. The molecule has 1 aromatic heterocycles. The molecule has 32 heavy (non-hydrogen) atoms. The van der Waals surface area contributed by atoms with Gasteiger partial charge in [-0.1, -0.05) is 41.9 Å². The van der Waals surface area contributed by atoms with Gasteiger partial charge in [0.2, 0.25) is 0 Å². The van der Waals surface area contributed by atoms with E-state index in [0.29, 0.717) is 21.5 Å². The molecule has 0 saturated heterocycles. The van der Waals surface area contributed by atoms with Gasteiger partial charge in [-0.05, 0) is 48.0 Å². The molecular formula is C24H19ClN4O3. The van der Waals surface area contributed by atoms with Crippen LogP contribution in [-0.4, -0.2) is 29.0 Å². The maximum atomic E-state index is 12.9. The van der Waals surface area contributed by atoms with Crippen LogP contribution in [0.4, 0.5) is 0 Å². The predicted octanol–water partition coefficient (Wildman–Crippen LogP) is 3.88. The summed E-state index contributed by atoms with van der Waals surface area (Å²) in [6.07, 6.45) is 1.51. The molecule has 0 bridgehead atoms. The summed E-state index contributed by atoms with van der Waals surface area (Å²) >= 11 is 6.00. The lowest BCUT2D eigenvalue weighted by Crippen LogP contribution is -2.32. The molecule has 0 saturated carbocycles. The van der Waals surface area contributed by atoms with E-state index in [1.54, 1.807) is 43.5 Å². The maximum Gasteiger partial charge on any atom is 0.275 e. The van der Waals surface area contributed by atoms with Crippen molar-refractivity contribution in [2.24, 2.45) is 5.10 Å². The number of hydrogen-bond donors (Lipinski definition) is 1. The molecule has 0 fully saturated rings. The number of nitrogens with zero attached hydrogens (tertiary/aromatic N) is 3. The molecule has 3 aromatic carbocycles. The fraction of sp³-hybridized carbons (Fsp3) is 0.0833. The third kappa shape index (κ3) is 4.68. The van der Waals surface area contributed by atoms with Gasteiger partial charge in [0.25, 0.3) is 11.5 Å². The van der Waals surface area contributed by atoms with Crippen molar-refractivity contribution in [2.45, 2.75) is 6.54 Å². The van der Waals surface area contributed by atoms with Crippen LogP contribution >= 0.6 is 11.6 Å². The summed E-state index contributed by atoms with van der Waals surface area (Å²) in [4.78, 5) is 25.3. The topological polar surface area (TPSA) is 85.6 Å². The Morgan fingerprint density at radius 3 is 2.44 bits per heavy atom. The standard InChI is InChI=1S/C24H19ClN4O3/c1-32-19-12-6-16(7-13-19)14-26-27-22(30)15-29-24(31)21-5-3-2-4-20(21)23(28-29)17-8-10-18(25)11-9-17/h2-14H,15H2,1H3,(H,27,30)/b26-14+. The Bertz CT molecular complexity index is 1350. The molecule has 0 atom stereocenters. The average Bonchev–Trinajstić information content (AvgIpc) is 2.82. The van der Waals surface area contributed by atoms with Gasteiger partial charge in [0, 0.05) is 16.0 Å². The van der Waals surface area contributed by atoms with Gasteiger partial charge in [0.05, 0.1) is 24.4 Å². The summed E-state index contributed by atoms with van der Waals surface area (Å²) in [5.41, 5.74) is 4.25. The summed E-state index contributed by atoms with van der Waals surface area (Å²) in [6.45, 7) is -0.274. The van der Waals surface area contributed by atoms with E-state index >= 15 is 0 Å². The number of hydrogen-bond acceptors (Lipinski definition) is 5. The van der Waals surface area contributed by atoms with Gasteiger partial charge in [-0.25, -0.2) is 10.1 Å². The first-order valence-corrected chi connectivity index (χ1v) is 10.1. The Hall–Kier alpha value is -3.97. The van der Waals surface area contributed by atoms with Crippen molar-refractivity contribution in [3.8, 4) is 17.0 Å². The lowest BCUT2D eigenvalue weighted by molar-refractivity contribution is -0.121. The minimum atomic E-state index is -0.471. The zero-order valence-electron chi connectivity index (χ0n) is 17.2. The van der Waals surface area contributed by atoms with Gasteiger partial charge < -0.3 is 4.74 Å². The molecule has 1 heterocycles. The summed E-state index contributed by atoms with van der Waals surface area (Å²) in [5.74, 6) is 0.256. The summed E-state index contributed by atoms with van der Waals surface area (Å²) in [6, 6.07) is 21.5. The van der Waals surface area contributed by atoms with E-state index in [0.717, 1.165) is 21.6 Å². The zero-order valence-corrected chi connectivity index (χ0v) is 17.9. The summed E-state index contributed by atoms with van der Waals surface area (Å²) < 4.78 is 6.25. The van der Waals surface area contributed by atoms with E-state index in [1.165, 1.54) is 6.21 Å². The summed E-state index contributed by atoms with van der Waals surface area (Å²) in [7, 11) is 1.59. The number of hydrazone groups is 1. The SMILES string of the molecule is COc1ccc(/C=N/NC(=O)Cn2nc(-c3ccc(Cl)cc3)c3ccccc3c2=O)cc1. The van der Waals surface area contributed by atoms with Gasteiger partial charge in [-0.15, -0.1) is 0 Å². The van der Waals surface area contributed by atoms with Crippen LogP contribution in [-0.2, 0) is 11.3 Å². The molecular weight excluding hydrogens is 428 g/mol. The third-order valence-corrected chi connectivity index (χ3v) is 5.05.